The fourth-order valence-corrected chi connectivity index (χ4v) is 3.75. The van der Waals surface area contributed by atoms with Crippen LogP contribution in [0.1, 0.15) is 36.1 Å². The Morgan fingerprint density at radius 3 is 2.14 bits per heavy atom. The van der Waals surface area contributed by atoms with Crippen LogP contribution in [0.25, 0.3) is 0 Å². The van der Waals surface area contributed by atoms with E-state index in [4.69, 9.17) is 5.73 Å². The first-order valence-electron chi connectivity index (χ1n) is 11.0. The summed E-state index contributed by atoms with van der Waals surface area (Å²) in [5.41, 5.74) is 8.53. The lowest BCUT2D eigenvalue weighted by atomic mass is 10.00. The van der Waals surface area contributed by atoms with Gasteiger partial charge in [-0.25, -0.2) is 0 Å². The number of aliphatic imine (C=N–C) groups is 1. The second-order valence-electron chi connectivity index (χ2n) is 8.24. The number of fused-ring (bicyclic) bond motifs is 1. The fraction of sp³-hybridized carbons (Fsp3) is 0.222. The SMILES string of the molecule is CC(C)N1C(=O)CN=C(c2ccccc2)c2ccccc21.NC(=O)Cc1ccc(C(F)(F)F)cc1. The summed E-state index contributed by atoms with van der Waals surface area (Å²) in [5.74, 6) is -0.520. The Morgan fingerprint density at radius 2 is 1.57 bits per heavy atom. The van der Waals surface area contributed by atoms with Crippen LogP contribution < -0.4 is 10.6 Å². The highest BCUT2D eigenvalue weighted by molar-refractivity contribution is 6.19. The third-order valence-corrected chi connectivity index (χ3v) is 5.28. The van der Waals surface area contributed by atoms with E-state index < -0.39 is 17.6 Å². The molecule has 8 heteroatoms. The number of hydrogen-bond donors (Lipinski definition) is 1. The molecule has 35 heavy (non-hydrogen) atoms. The molecule has 0 radical (unpaired) electrons. The van der Waals surface area contributed by atoms with Gasteiger partial charge in [0, 0.05) is 17.2 Å². The molecule has 1 aliphatic heterocycles. The average Bonchev–Trinajstić information content (AvgIpc) is 2.95. The van der Waals surface area contributed by atoms with Crippen molar-refractivity contribution in [2.75, 3.05) is 11.4 Å². The zero-order valence-corrected chi connectivity index (χ0v) is 19.4. The summed E-state index contributed by atoms with van der Waals surface area (Å²) in [7, 11) is 0. The third kappa shape index (κ3) is 6.56. The molecule has 2 N–H and O–H groups in total. The number of rotatable bonds is 4. The van der Waals surface area contributed by atoms with E-state index in [1.165, 1.54) is 12.1 Å². The average molecular weight is 482 g/mol. The number of alkyl halides is 3. The molecule has 0 aromatic heterocycles. The minimum absolute atomic E-state index is 0.0435. The van der Waals surface area contributed by atoms with Crippen LogP contribution in [0.3, 0.4) is 0 Å². The van der Waals surface area contributed by atoms with Crippen molar-refractivity contribution < 1.29 is 22.8 Å². The number of para-hydroxylation sites is 1. The monoisotopic (exact) mass is 481 g/mol. The smallest absolute Gasteiger partial charge is 0.369 e. The van der Waals surface area contributed by atoms with Crippen molar-refractivity contribution in [2.24, 2.45) is 10.7 Å². The number of nitrogens with two attached hydrogens (primary N) is 1. The van der Waals surface area contributed by atoms with Gasteiger partial charge in [0.2, 0.25) is 11.8 Å². The number of hydrogen-bond acceptors (Lipinski definition) is 3. The van der Waals surface area contributed by atoms with E-state index in [0.29, 0.717) is 5.56 Å². The molecule has 0 fully saturated rings. The van der Waals surface area contributed by atoms with E-state index in [2.05, 4.69) is 4.99 Å². The predicted octanol–water partition coefficient (Wildman–Crippen LogP) is 5.01. The van der Waals surface area contributed by atoms with E-state index in [1.54, 1.807) is 0 Å². The molecule has 5 nitrogen and oxygen atoms in total. The van der Waals surface area contributed by atoms with Gasteiger partial charge in [-0.1, -0.05) is 60.7 Å². The first-order valence-corrected chi connectivity index (χ1v) is 11.0. The van der Waals surface area contributed by atoms with Gasteiger partial charge in [0.1, 0.15) is 6.54 Å². The Morgan fingerprint density at radius 1 is 0.971 bits per heavy atom. The molecule has 0 aliphatic carbocycles. The Bertz CT molecular complexity index is 1200. The number of benzodiazepines with no additional fused rings is 1. The van der Waals surface area contributed by atoms with Gasteiger partial charge >= 0.3 is 6.18 Å². The van der Waals surface area contributed by atoms with Crippen LogP contribution in [0.5, 0.6) is 0 Å². The summed E-state index contributed by atoms with van der Waals surface area (Å²) < 4.78 is 36.3. The van der Waals surface area contributed by atoms with Crippen molar-refractivity contribution in [1.29, 1.82) is 0 Å². The molecule has 0 saturated heterocycles. The van der Waals surface area contributed by atoms with Crippen molar-refractivity contribution in [3.05, 3.63) is 101 Å². The van der Waals surface area contributed by atoms with E-state index >= 15 is 0 Å². The normalized spacial score (nSPS) is 13.4. The molecule has 3 aromatic carbocycles. The maximum Gasteiger partial charge on any atom is 0.416 e. The van der Waals surface area contributed by atoms with Crippen molar-refractivity contribution in [1.82, 2.24) is 0 Å². The van der Waals surface area contributed by atoms with Crippen molar-refractivity contribution in [2.45, 2.75) is 32.5 Å². The van der Waals surface area contributed by atoms with Crippen LogP contribution in [0.4, 0.5) is 18.9 Å². The quantitative estimate of drug-likeness (QED) is 0.569. The summed E-state index contributed by atoms with van der Waals surface area (Å²) in [6, 6.07) is 22.5. The minimum Gasteiger partial charge on any atom is -0.369 e. The maximum absolute atomic E-state index is 12.4. The van der Waals surface area contributed by atoms with Crippen LogP contribution in [-0.4, -0.2) is 30.1 Å². The lowest BCUT2D eigenvalue weighted by Crippen LogP contribution is -2.38. The van der Waals surface area contributed by atoms with Gasteiger partial charge < -0.3 is 10.6 Å². The molecule has 0 unspecified atom stereocenters. The van der Waals surface area contributed by atoms with Gasteiger partial charge in [0.05, 0.1) is 23.4 Å². The largest absolute Gasteiger partial charge is 0.416 e. The van der Waals surface area contributed by atoms with Gasteiger partial charge in [-0.15, -0.1) is 0 Å². The highest BCUT2D eigenvalue weighted by Gasteiger charge is 2.30. The highest BCUT2D eigenvalue weighted by atomic mass is 19.4. The topological polar surface area (TPSA) is 75.8 Å². The Labute approximate surface area is 202 Å². The number of carbonyl (C=O) groups is 2. The zero-order valence-electron chi connectivity index (χ0n) is 19.4. The molecule has 1 aliphatic rings. The van der Waals surface area contributed by atoms with Crippen LogP contribution in [0, 0.1) is 0 Å². The lowest BCUT2D eigenvalue weighted by molar-refractivity contribution is -0.137. The van der Waals surface area contributed by atoms with Crippen molar-refractivity contribution in [3.8, 4) is 0 Å². The number of primary amides is 1. The van der Waals surface area contributed by atoms with Crippen LogP contribution in [0.2, 0.25) is 0 Å². The standard InChI is InChI=1S/C18H18N2O.C9H8F3NO/c1-13(2)20-16-11-7-6-10-15(16)18(19-12-17(20)21)14-8-4-3-5-9-14;10-9(11,12)7-3-1-6(2-4-7)5-8(13)14/h3-11,13H,12H2,1-2H3;1-4H,5H2,(H2,13,14). The van der Waals surface area contributed by atoms with Crippen molar-refractivity contribution >= 4 is 23.2 Å². The van der Waals surface area contributed by atoms with Crippen LogP contribution in [0.15, 0.2) is 83.9 Å². The number of amides is 2. The number of anilines is 1. The Balaban J connectivity index is 0.000000214. The predicted molar refractivity (Wildman–Crippen MR) is 130 cm³/mol. The summed E-state index contributed by atoms with van der Waals surface area (Å²) in [6.07, 6.45) is -4.39. The van der Waals surface area contributed by atoms with Crippen LogP contribution in [-0.2, 0) is 22.2 Å². The molecule has 3 aromatic rings. The molecule has 0 saturated carbocycles. The van der Waals surface area contributed by atoms with Crippen molar-refractivity contribution in [3.63, 3.8) is 0 Å². The molecule has 0 spiro atoms. The number of halogens is 3. The number of benzene rings is 3. The second-order valence-corrected chi connectivity index (χ2v) is 8.24. The molecular weight excluding hydrogens is 455 g/mol. The van der Waals surface area contributed by atoms with Crippen LogP contribution >= 0.6 is 0 Å². The van der Waals surface area contributed by atoms with Gasteiger partial charge in [0.25, 0.3) is 0 Å². The minimum atomic E-state index is -4.34. The fourth-order valence-electron chi connectivity index (χ4n) is 3.75. The summed E-state index contributed by atoms with van der Waals surface area (Å²) >= 11 is 0. The first-order chi connectivity index (χ1) is 16.6. The zero-order chi connectivity index (χ0) is 25.6. The third-order valence-electron chi connectivity index (χ3n) is 5.28. The molecule has 4 rings (SSSR count). The Kier molecular flexibility index (Phi) is 8.06. The summed E-state index contributed by atoms with van der Waals surface area (Å²) in [4.78, 5) is 29.3. The van der Waals surface area contributed by atoms with Gasteiger partial charge in [-0.2, -0.15) is 13.2 Å². The maximum atomic E-state index is 12.4. The van der Waals surface area contributed by atoms with Gasteiger partial charge in [-0.3, -0.25) is 14.6 Å². The number of nitrogens with zero attached hydrogens (tertiary/aromatic N) is 2. The molecule has 0 atom stereocenters. The molecule has 0 bridgehead atoms. The van der Waals surface area contributed by atoms with Gasteiger partial charge in [0.15, 0.2) is 0 Å². The summed E-state index contributed by atoms with van der Waals surface area (Å²) in [6.45, 7) is 4.25. The van der Waals surface area contributed by atoms with E-state index in [-0.39, 0.29) is 24.9 Å². The highest BCUT2D eigenvalue weighted by Crippen LogP contribution is 2.29. The second kappa shape index (κ2) is 11.0. The molecule has 182 valence electrons. The van der Waals surface area contributed by atoms with Gasteiger partial charge in [-0.05, 0) is 37.6 Å². The number of carbonyl (C=O) groups excluding carboxylic acids is 2. The molecular formula is C27H26F3N3O2. The first kappa shape index (κ1) is 25.7. The molecule has 1 heterocycles. The van der Waals surface area contributed by atoms with E-state index in [0.717, 1.165) is 34.7 Å². The van der Waals surface area contributed by atoms with E-state index in [1.807, 2.05) is 73.3 Å². The summed E-state index contributed by atoms with van der Waals surface area (Å²) in [5, 5.41) is 0. The van der Waals surface area contributed by atoms with E-state index in [9.17, 15) is 22.8 Å². The molecule has 2 amide bonds. The lowest BCUT2D eigenvalue weighted by Gasteiger charge is -2.26. The Hall–Kier alpha value is -3.94.